The van der Waals surface area contributed by atoms with Gasteiger partial charge in [-0.05, 0) is 57.6 Å². The molecule has 5 nitrogen and oxygen atoms in total. The Hall–Kier alpha value is -1.75. The van der Waals surface area contributed by atoms with Gasteiger partial charge in [-0.3, -0.25) is 4.79 Å². The van der Waals surface area contributed by atoms with E-state index in [1.807, 2.05) is 25.1 Å². The molecule has 0 saturated carbocycles. The van der Waals surface area contributed by atoms with Crippen molar-refractivity contribution in [1.29, 1.82) is 0 Å². The van der Waals surface area contributed by atoms with E-state index in [0.717, 1.165) is 31.5 Å². The van der Waals surface area contributed by atoms with E-state index < -0.39 is 0 Å². The lowest BCUT2D eigenvalue weighted by Gasteiger charge is -2.29. The lowest BCUT2D eigenvalue weighted by atomic mass is 10.1. The number of hydrogen-bond donors (Lipinski definition) is 1. The Balaban J connectivity index is 1.81. The minimum absolute atomic E-state index is 0.0196. The first-order valence-corrected chi connectivity index (χ1v) is 7.34. The van der Waals surface area contributed by atoms with E-state index >= 15 is 0 Å². The first kappa shape index (κ1) is 15.6. The van der Waals surface area contributed by atoms with Crippen molar-refractivity contribution in [3.63, 3.8) is 0 Å². The molecule has 1 amide bonds. The van der Waals surface area contributed by atoms with Crippen LogP contribution in [0.3, 0.4) is 0 Å². The van der Waals surface area contributed by atoms with Crippen molar-refractivity contribution in [2.24, 2.45) is 0 Å². The second-order valence-electron chi connectivity index (χ2n) is 5.59. The molecule has 1 aromatic carbocycles. The van der Waals surface area contributed by atoms with E-state index in [1.165, 1.54) is 0 Å². The summed E-state index contributed by atoms with van der Waals surface area (Å²) in [5, 5.41) is 3.03. The highest BCUT2D eigenvalue weighted by molar-refractivity contribution is 5.78. The average Bonchev–Trinajstić information content (AvgIpc) is 2.48. The molecule has 0 bridgehead atoms. The first-order valence-electron chi connectivity index (χ1n) is 7.34. The Morgan fingerprint density at radius 3 is 2.71 bits per heavy atom. The summed E-state index contributed by atoms with van der Waals surface area (Å²) in [5.41, 5.74) is 1.09. The molecule has 1 saturated heterocycles. The predicted octanol–water partition coefficient (Wildman–Crippen LogP) is 1.59. The molecule has 0 unspecified atom stereocenters. The monoisotopic (exact) mass is 292 g/mol. The lowest BCUT2D eigenvalue weighted by molar-refractivity contribution is -0.124. The molecule has 1 heterocycles. The number of ether oxygens (including phenoxy) is 2. The average molecular weight is 292 g/mol. The van der Waals surface area contributed by atoms with Gasteiger partial charge in [-0.25, -0.2) is 0 Å². The van der Waals surface area contributed by atoms with Gasteiger partial charge in [0.15, 0.2) is 18.1 Å². The Kier molecular flexibility index (Phi) is 5.44. The first-order chi connectivity index (χ1) is 10.1. The molecule has 1 N–H and O–H groups in total. The summed E-state index contributed by atoms with van der Waals surface area (Å²) in [6.07, 6.45) is 1.99. The fraction of sp³-hybridized carbons (Fsp3) is 0.562. The lowest BCUT2D eigenvalue weighted by Crippen LogP contribution is -2.44. The highest BCUT2D eigenvalue weighted by Gasteiger charge is 2.18. The van der Waals surface area contributed by atoms with Gasteiger partial charge >= 0.3 is 0 Å². The third kappa shape index (κ3) is 4.63. The van der Waals surface area contributed by atoms with Crippen molar-refractivity contribution in [2.75, 3.05) is 33.9 Å². The van der Waals surface area contributed by atoms with Gasteiger partial charge in [0.25, 0.3) is 5.91 Å². The number of hydrogen-bond acceptors (Lipinski definition) is 4. The highest BCUT2D eigenvalue weighted by atomic mass is 16.5. The molecule has 1 aliphatic rings. The normalized spacial score (nSPS) is 16.5. The molecule has 0 radical (unpaired) electrons. The van der Waals surface area contributed by atoms with Crippen molar-refractivity contribution in [3.8, 4) is 11.5 Å². The van der Waals surface area contributed by atoms with Crippen LogP contribution < -0.4 is 14.8 Å². The van der Waals surface area contributed by atoms with Gasteiger partial charge < -0.3 is 19.7 Å². The molecule has 1 aliphatic heterocycles. The number of carbonyl (C=O) groups is 1. The second kappa shape index (κ2) is 7.31. The Morgan fingerprint density at radius 2 is 2.05 bits per heavy atom. The van der Waals surface area contributed by atoms with Crippen LogP contribution in [0.15, 0.2) is 18.2 Å². The summed E-state index contributed by atoms with van der Waals surface area (Å²) in [6.45, 7) is 4.06. The van der Waals surface area contributed by atoms with Crippen molar-refractivity contribution in [1.82, 2.24) is 10.2 Å². The van der Waals surface area contributed by atoms with Crippen LogP contribution in [-0.4, -0.2) is 50.7 Å². The van der Waals surface area contributed by atoms with E-state index in [2.05, 4.69) is 17.3 Å². The molecule has 0 aliphatic carbocycles. The summed E-state index contributed by atoms with van der Waals surface area (Å²) < 4.78 is 10.8. The number of likely N-dealkylation sites (tertiary alicyclic amines) is 1. The van der Waals surface area contributed by atoms with Gasteiger partial charge in [0, 0.05) is 6.04 Å². The van der Waals surface area contributed by atoms with Crippen LogP contribution in [-0.2, 0) is 4.79 Å². The van der Waals surface area contributed by atoms with Crippen LogP contribution in [0.2, 0.25) is 0 Å². The maximum Gasteiger partial charge on any atom is 0.258 e. The number of methoxy groups -OCH3 is 1. The third-order valence-electron chi connectivity index (χ3n) is 3.76. The number of aryl methyl sites for hydroxylation is 1. The molecule has 1 aromatic rings. The van der Waals surface area contributed by atoms with Crippen molar-refractivity contribution < 1.29 is 14.3 Å². The van der Waals surface area contributed by atoms with E-state index in [0.29, 0.717) is 11.5 Å². The molecular weight excluding hydrogens is 268 g/mol. The van der Waals surface area contributed by atoms with E-state index in [-0.39, 0.29) is 18.6 Å². The van der Waals surface area contributed by atoms with Gasteiger partial charge in [-0.1, -0.05) is 6.07 Å². The summed E-state index contributed by atoms with van der Waals surface area (Å²) in [6, 6.07) is 5.92. The molecule has 21 heavy (non-hydrogen) atoms. The maximum absolute atomic E-state index is 11.9. The SMILES string of the molecule is COc1cc(C)ccc1OCC(=O)NC1CCN(C)CC1. The quantitative estimate of drug-likeness (QED) is 0.895. The molecule has 0 aromatic heterocycles. The molecule has 116 valence electrons. The van der Waals surface area contributed by atoms with E-state index in [1.54, 1.807) is 7.11 Å². The molecule has 0 atom stereocenters. The highest BCUT2D eigenvalue weighted by Crippen LogP contribution is 2.27. The van der Waals surface area contributed by atoms with E-state index in [9.17, 15) is 4.79 Å². The zero-order valence-electron chi connectivity index (χ0n) is 13.0. The zero-order chi connectivity index (χ0) is 15.2. The van der Waals surface area contributed by atoms with Gasteiger partial charge in [0.1, 0.15) is 0 Å². The smallest absolute Gasteiger partial charge is 0.258 e. The predicted molar refractivity (Wildman–Crippen MR) is 81.9 cm³/mol. The molecule has 0 spiro atoms. The van der Waals surface area contributed by atoms with Gasteiger partial charge in [0.2, 0.25) is 0 Å². The van der Waals surface area contributed by atoms with Crippen LogP contribution >= 0.6 is 0 Å². The van der Waals surface area contributed by atoms with Gasteiger partial charge in [-0.15, -0.1) is 0 Å². The Labute approximate surface area is 126 Å². The maximum atomic E-state index is 11.9. The zero-order valence-corrected chi connectivity index (χ0v) is 13.0. The van der Waals surface area contributed by atoms with Crippen LogP contribution in [0.25, 0.3) is 0 Å². The number of piperidine rings is 1. The standard InChI is InChI=1S/C16H24N2O3/c1-12-4-5-14(15(10-12)20-3)21-11-16(19)17-13-6-8-18(2)9-7-13/h4-5,10,13H,6-9,11H2,1-3H3,(H,17,19). The van der Waals surface area contributed by atoms with Crippen LogP contribution in [0.5, 0.6) is 11.5 Å². The number of carbonyl (C=O) groups excluding carboxylic acids is 1. The second-order valence-corrected chi connectivity index (χ2v) is 5.59. The third-order valence-corrected chi connectivity index (χ3v) is 3.76. The van der Waals surface area contributed by atoms with E-state index in [4.69, 9.17) is 9.47 Å². The molecule has 1 fully saturated rings. The summed E-state index contributed by atoms with van der Waals surface area (Å²) in [4.78, 5) is 14.2. The largest absolute Gasteiger partial charge is 0.493 e. The number of rotatable bonds is 5. The number of benzene rings is 1. The summed E-state index contributed by atoms with van der Waals surface area (Å²) in [7, 11) is 3.70. The Morgan fingerprint density at radius 1 is 1.33 bits per heavy atom. The van der Waals surface area contributed by atoms with Crippen molar-refractivity contribution in [2.45, 2.75) is 25.8 Å². The van der Waals surface area contributed by atoms with Crippen molar-refractivity contribution in [3.05, 3.63) is 23.8 Å². The minimum atomic E-state index is -0.0767. The number of nitrogens with zero attached hydrogens (tertiary/aromatic N) is 1. The van der Waals surface area contributed by atoms with Gasteiger partial charge in [-0.2, -0.15) is 0 Å². The van der Waals surface area contributed by atoms with Crippen LogP contribution in [0.1, 0.15) is 18.4 Å². The fourth-order valence-corrected chi connectivity index (χ4v) is 2.46. The molecular formula is C16H24N2O3. The van der Waals surface area contributed by atoms with Gasteiger partial charge in [0.05, 0.1) is 7.11 Å². The van der Waals surface area contributed by atoms with Crippen LogP contribution in [0.4, 0.5) is 0 Å². The summed E-state index contributed by atoms with van der Waals surface area (Å²) in [5.74, 6) is 1.18. The van der Waals surface area contributed by atoms with Crippen LogP contribution in [0, 0.1) is 6.92 Å². The van der Waals surface area contributed by atoms with Crippen molar-refractivity contribution >= 4 is 5.91 Å². The summed E-state index contributed by atoms with van der Waals surface area (Å²) >= 11 is 0. The minimum Gasteiger partial charge on any atom is -0.493 e. The number of amides is 1. The topological polar surface area (TPSA) is 50.8 Å². The fourth-order valence-electron chi connectivity index (χ4n) is 2.46. The molecule has 2 rings (SSSR count). The number of nitrogens with one attached hydrogen (secondary N) is 1. The Bertz CT molecular complexity index is 482. The molecule has 5 heteroatoms.